The number of aromatic nitrogens is 1. The SMILES string of the molecule is O=C(NS(=O)(=O)c1ccccc1)c1cc2c(N3CCOCC3)ccc([N+](=O)[O-])c2[nH]1. The molecule has 0 atom stereocenters. The van der Waals surface area contributed by atoms with E-state index in [-0.39, 0.29) is 21.8 Å². The molecule has 4 rings (SSSR count). The van der Waals surface area contributed by atoms with Crippen LogP contribution in [-0.2, 0) is 14.8 Å². The standard InChI is InChI=1S/C19H18N4O6S/c24-19(21-30(27,28)13-4-2-1-3-5-13)15-12-14-16(22-8-10-29-11-9-22)6-7-17(23(25)26)18(14)20-15/h1-7,12,20H,8-11H2,(H,21,24). The van der Waals surface area contributed by atoms with Crippen LogP contribution < -0.4 is 9.62 Å². The van der Waals surface area contributed by atoms with Crippen LogP contribution >= 0.6 is 0 Å². The van der Waals surface area contributed by atoms with E-state index in [9.17, 15) is 23.3 Å². The number of fused-ring (bicyclic) bond motifs is 1. The van der Waals surface area contributed by atoms with E-state index in [2.05, 4.69) is 4.98 Å². The quantitative estimate of drug-likeness (QED) is 0.467. The number of carbonyl (C=O) groups is 1. The number of rotatable bonds is 5. The Bertz CT molecular complexity index is 1220. The Labute approximate surface area is 171 Å². The molecule has 0 spiro atoms. The third-order valence-electron chi connectivity index (χ3n) is 4.82. The van der Waals surface area contributed by atoms with Crippen molar-refractivity contribution in [1.82, 2.24) is 9.71 Å². The second kappa shape index (κ2) is 7.76. The summed E-state index contributed by atoms with van der Waals surface area (Å²) in [5.41, 5.74) is 0.576. The number of nitro benzene ring substituents is 1. The molecule has 2 N–H and O–H groups in total. The van der Waals surface area contributed by atoms with Crippen LogP contribution in [0.3, 0.4) is 0 Å². The van der Waals surface area contributed by atoms with Crippen LogP contribution in [0.1, 0.15) is 10.5 Å². The lowest BCUT2D eigenvalue weighted by molar-refractivity contribution is -0.383. The van der Waals surface area contributed by atoms with Gasteiger partial charge in [0.15, 0.2) is 0 Å². The summed E-state index contributed by atoms with van der Waals surface area (Å²) in [5.74, 6) is -0.905. The molecule has 0 radical (unpaired) electrons. The van der Waals surface area contributed by atoms with Gasteiger partial charge < -0.3 is 14.6 Å². The van der Waals surface area contributed by atoms with Crippen molar-refractivity contribution in [2.24, 2.45) is 0 Å². The van der Waals surface area contributed by atoms with E-state index < -0.39 is 20.9 Å². The second-order valence-corrected chi connectivity index (χ2v) is 8.36. The molecular formula is C19H18N4O6S. The van der Waals surface area contributed by atoms with Gasteiger partial charge in [-0.15, -0.1) is 0 Å². The monoisotopic (exact) mass is 430 g/mol. The van der Waals surface area contributed by atoms with Gasteiger partial charge in [0, 0.05) is 30.2 Å². The second-order valence-electron chi connectivity index (χ2n) is 6.68. The van der Waals surface area contributed by atoms with Crippen molar-refractivity contribution in [2.45, 2.75) is 4.90 Å². The van der Waals surface area contributed by atoms with Gasteiger partial charge >= 0.3 is 0 Å². The zero-order chi connectivity index (χ0) is 21.3. The molecule has 156 valence electrons. The Hall–Kier alpha value is -3.44. The van der Waals surface area contributed by atoms with Gasteiger partial charge in [-0.2, -0.15) is 0 Å². The summed E-state index contributed by atoms with van der Waals surface area (Å²) in [5, 5.41) is 11.9. The predicted octanol–water partition coefficient (Wildman–Crippen LogP) is 2.03. The fourth-order valence-corrected chi connectivity index (χ4v) is 4.37. The molecule has 1 aliphatic heterocycles. The smallest absolute Gasteiger partial charge is 0.293 e. The number of amides is 1. The molecule has 3 aromatic rings. The Morgan fingerprint density at radius 1 is 1.13 bits per heavy atom. The minimum Gasteiger partial charge on any atom is -0.378 e. The highest BCUT2D eigenvalue weighted by Gasteiger charge is 2.25. The van der Waals surface area contributed by atoms with E-state index >= 15 is 0 Å². The summed E-state index contributed by atoms with van der Waals surface area (Å²) >= 11 is 0. The van der Waals surface area contributed by atoms with E-state index in [1.165, 1.54) is 24.3 Å². The molecule has 1 amide bonds. The predicted molar refractivity (Wildman–Crippen MR) is 109 cm³/mol. The van der Waals surface area contributed by atoms with Gasteiger partial charge in [0.2, 0.25) is 0 Å². The number of hydrogen-bond acceptors (Lipinski definition) is 7. The van der Waals surface area contributed by atoms with Crippen molar-refractivity contribution >= 4 is 38.2 Å². The molecule has 2 heterocycles. The number of H-pyrrole nitrogens is 1. The molecule has 0 bridgehead atoms. The number of nitro groups is 1. The van der Waals surface area contributed by atoms with Crippen LogP contribution in [-0.4, -0.2) is 50.5 Å². The molecule has 0 unspecified atom stereocenters. The van der Waals surface area contributed by atoms with Gasteiger partial charge in [-0.3, -0.25) is 14.9 Å². The van der Waals surface area contributed by atoms with Crippen molar-refractivity contribution in [3.05, 3.63) is 64.3 Å². The molecule has 11 heteroatoms. The van der Waals surface area contributed by atoms with Gasteiger partial charge in [0.1, 0.15) is 11.2 Å². The number of ether oxygens (including phenoxy) is 1. The molecule has 1 saturated heterocycles. The number of nitrogens with zero attached hydrogens (tertiary/aromatic N) is 2. The van der Waals surface area contributed by atoms with E-state index in [1.807, 2.05) is 9.62 Å². The van der Waals surface area contributed by atoms with Gasteiger partial charge in [-0.1, -0.05) is 18.2 Å². The van der Waals surface area contributed by atoms with Crippen molar-refractivity contribution in [2.75, 3.05) is 31.2 Å². The number of benzene rings is 2. The number of sulfonamides is 1. The summed E-state index contributed by atoms with van der Waals surface area (Å²) in [6.07, 6.45) is 0. The first-order valence-corrected chi connectivity index (χ1v) is 10.6. The molecule has 1 aliphatic rings. The molecule has 0 saturated carbocycles. The van der Waals surface area contributed by atoms with Crippen LogP contribution in [0, 0.1) is 10.1 Å². The highest BCUT2D eigenvalue weighted by Crippen LogP contribution is 2.34. The summed E-state index contributed by atoms with van der Waals surface area (Å²) in [4.78, 5) is 28.2. The number of aromatic amines is 1. The van der Waals surface area contributed by atoms with Crippen LogP contribution in [0.2, 0.25) is 0 Å². The van der Waals surface area contributed by atoms with Crippen molar-refractivity contribution in [1.29, 1.82) is 0 Å². The molecule has 1 fully saturated rings. The third-order valence-corrected chi connectivity index (χ3v) is 6.17. The fraction of sp³-hybridized carbons (Fsp3) is 0.211. The molecule has 30 heavy (non-hydrogen) atoms. The maximum absolute atomic E-state index is 12.6. The fourth-order valence-electron chi connectivity index (χ4n) is 3.38. The minimum atomic E-state index is -4.08. The van der Waals surface area contributed by atoms with Gasteiger partial charge in [-0.25, -0.2) is 13.1 Å². The number of hydrogen-bond donors (Lipinski definition) is 2. The van der Waals surface area contributed by atoms with Gasteiger partial charge in [0.05, 0.1) is 23.0 Å². The Kier molecular flexibility index (Phi) is 5.14. The van der Waals surface area contributed by atoms with Crippen molar-refractivity contribution in [3.8, 4) is 0 Å². The van der Waals surface area contributed by atoms with Gasteiger partial charge in [0.25, 0.3) is 21.6 Å². The number of non-ortho nitro benzene ring substituents is 1. The minimum absolute atomic E-state index is 0.0607. The van der Waals surface area contributed by atoms with Crippen molar-refractivity contribution < 1.29 is 22.9 Å². The third kappa shape index (κ3) is 3.72. The van der Waals surface area contributed by atoms with Gasteiger partial charge in [-0.05, 0) is 24.3 Å². The maximum atomic E-state index is 12.6. The van der Waals surface area contributed by atoms with Crippen LogP contribution in [0.25, 0.3) is 10.9 Å². The molecule has 2 aromatic carbocycles. The average Bonchev–Trinajstić information content (AvgIpc) is 3.19. The molecule has 0 aliphatic carbocycles. The lowest BCUT2D eigenvalue weighted by Crippen LogP contribution is -2.36. The summed E-state index contributed by atoms with van der Waals surface area (Å²) in [6.45, 7) is 2.24. The van der Waals surface area contributed by atoms with Crippen molar-refractivity contribution in [3.63, 3.8) is 0 Å². The zero-order valence-corrected chi connectivity index (χ0v) is 16.5. The summed E-state index contributed by atoms with van der Waals surface area (Å²) < 4.78 is 32.2. The number of morpholine rings is 1. The number of nitrogens with one attached hydrogen (secondary N) is 2. The lowest BCUT2D eigenvalue weighted by Gasteiger charge is -2.29. The first kappa shape index (κ1) is 19.9. The average molecular weight is 430 g/mol. The molecule has 10 nitrogen and oxygen atoms in total. The van der Waals surface area contributed by atoms with Crippen LogP contribution in [0.4, 0.5) is 11.4 Å². The first-order valence-electron chi connectivity index (χ1n) is 9.12. The van der Waals surface area contributed by atoms with E-state index in [4.69, 9.17) is 4.74 Å². The normalized spacial score (nSPS) is 14.6. The Morgan fingerprint density at radius 3 is 2.50 bits per heavy atom. The topological polar surface area (TPSA) is 135 Å². The highest BCUT2D eigenvalue weighted by atomic mass is 32.2. The first-order chi connectivity index (χ1) is 14.4. The number of anilines is 1. The summed E-state index contributed by atoms with van der Waals surface area (Å²) in [6, 6.07) is 11.9. The Balaban J connectivity index is 1.73. The van der Waals surface area contributed by atoms with Crippen LogP contribution in [0.15, 0.2) is 53.4 Å². The van der Waals surface area contributed by atoms with E-state index in [0.717, 1.165) is 0 Å². The molecule has 1 aromatic heterocycles. The van der Waals surface area contributed by atoms with Crippen LogP contribution in [0.5, 0.6) is 0 Å². The number of carbonyl (C=O) groups excluding carboxylic acids is 1. The highest BCUT2D eigenvalue weighted by molar-refractivity contribution is 7.90. The Morgan fingerprint density at radius 2 is 1.83 bits per heavy atom. The van der Waals surface area contributed by atoms with E-state index in [0.29, 0.717) is 37.4 Å². The molecular weight excluding hydrogens is 412 g/mol. The maximum Gasteiger partial charge on any atom is 0.293 e. The van der Waals surface area contributed by atoms with E-state index in [1.54, 1.807) is 24.3 Å². The summed E-state index contributed by atoms with van der Waals surface area (Å²) in [7, 11) is -4.08. The lowest BCUT2D eigenvalue weighted by atomic mass is 10.1. The zero-order valence-electron chi connectivity index (χ0n) is 15.7. The largest absolute Gasteiger partial charge is 0.378 e.